The summed E-state index contributed by atoms with van der Waals surface area (Å²) in [6.45, 7) is 2.83. The summed E-state index contributed by atoms with van der Waals surface area (Å²) in [6, 6.07) is 15.6. The first-order chi connectivity index (χ1) is 13.0. The third-order valence-electron chi connectivity index (χ3n) is 4.51. The highest BCUT2D eigenvalue weighted by molar-refractivity contribution is 5.92. The zero-order valence-corrected chi connectivity index (χ0v) is 16.1. The second-order valence-electron chi connectivity index (χ2n) is 6.64. The van der Waals surface area contributed by atoms with Gasteiger partial charge in [-0.1, -0.05) is 56.2 Å². The lowest BCUT2D eigenvalue weighted by molar-refractivity contribution is -0.136. The Morgan fingerprint density at radius 1 is 1.04 bits per heavy atom. The van der Waals surface area contributed by atoms with E-state index in [0.29, 0.717) is 13.0 Å². The quantitative estimate of drug-likeness (QED) is 0.630. The van der Waals surface area contributed by atoms with Crippen molar-refractivity contribution in [3.63, 3.8) is 0 Å². The molecule has 2 rings (SSSR count). The Bertz CT molecular complexity index is 756. The molecule has 0 spiro atoms. The molecule has 27 heavy (non-hydrogen) atoms. The molecule has 0 aliphatic carbocycles. The first-order valence-corrected chi connectivity index (χ1v) is 9.44. The molecule has 2 N–H and O–H groups in total. The monoisotopic (exact) mass is 368 g/mol. The number of carboxylic acid groups (broad SMARTS) is 1. The molecule has 0 radical (unpaired) electrons. The maximum absolute atomic E-state index is 12.3. The third kappa shape index (κ3) is 6.44. The van der Waals surface area contributed by atoms with Crippen molar-refractivity contribution in [1.29, 1.82) is 0 Å². The van der Waals surface area contributed by atoms with Gasteiger partial charge in [0.05, 0.1) is 0 Å². The number of carbonyl (C=O) groups excluding carboxylic acids is 1. The van der Waals surface area contributed by atoms with E-state index in [9.17, 15) is 9.59 Å². The molecule has 5 heteroatoms. The minimum atomic E-state index is -0.789. The standard InChI is InChI=1S/C22H28N2O3/c1-3-4-5-15-23-22(27)24(2)20-8-6-7-19(16-20)18-12-9-17(10-13-18)11-14-21(25)26/h6-10,12-13,16H,3-5,11,14-15H2,1-2H3,(H,23,27)(H,25,26). The van der Waals surface area contributed by atoms with Crippen LogP contribution >= 0.6 is 0 Å². The van der Waals surface area contributed by atoms with Crippen molar-refractivity contribution in [3.05, 3.63) is 54.1 Å². The minimum Gasteiger partial charge on any atom is -0.481 e. The summed E-state index contributed by atoms with van der Waals surface area (Å²) in [4.78, 5) is 24.6. The molecular formula is C22H28N2O3. The number of benzene rings is 2. The number of hydrogen-bond acceptors (Lipinski definition) is 2. The van der Waals surface area contributed by atoms with Gasteiger partial charge in [-0.3, -0.25) is 9.69 Å². The molecule has 2 aromatic carbocycles. The molecule has 0 bridgehead atoms. The van der Waals surface area contributed by atoms with Gasteiger partial charge >= 0.3 is 12.0 Å². The Morgan fingerprint density at radius 2 is 1.78 bits per heavy atom. The lowest BCUT2D eigenvalue weighted by atomic mass is 10.0. The van der Waals surface area contributed by atoms with Crippen molar-refractivity contribution in [2.24, 2.45) is 0 Å². The molecule has 0 aliphatic heterocycles. The molecule has 0 fully saturated rings. The first-order valence-electron chi connectivity index (χ1n) is 9.44. The summed E-state index contributed by atoms with van der Waals surface area (Å²) in [7, 11) is 1.77. The van der Waals surface area contributed by atoms with E-state index in [1.807, 2.05) is 48.5 Å². The Balaban J connectivity index is 2.03. The smallest absolute Gasteiger partial charge is 0.321 e. The lowest BCUT2D eigenvalue weighted by Gasteiger charge is -2.19. The fourth-order valence-electron chi connectivity index (χ4n) is 2.82. The summed E-state index contributed by atoms with van der Waals surface area (Å²) in [5.74, 6) is -0.789. The van der Waals surface area contributed by atoms with Crippen LogP contribution in [0, 0.1) is 0 Å². The average Bonchev–Trinajstić information content (AvgIpc) is 2.69. The predicted octanol–water partition coefficient (Wildman–Crippen LogP) is 4.71. The maximum Gasteiger partial charge on any atom is 0.321 e. The highest BCUT2D eigenvalue weighted by Gasteiger charge is 2.11. The molecule has 2 amide bonds. The van der Waals surface area contributed by atoms with Gasteiger partial charge in [-0.15, -0.1) is 0 Å². The van der Waals surface area contributed by atoms with Crippen LogP contribution in [0.2, 0.25) is 0 Å². The Kier molecular flexibility index (Phi) is 7.86. The number of carbonyl (C=O) groups is 2. The second kappa shape index (κ2) is 10.4. The summed E-state index contributed by atoms with van der Waals surface area (Å²) < 4.78 is 0. The zero-order chi connectivity index (χ0) is 19.6. The fraction of sp³-hybridized carbons (Fsp3) is 0.364. The number of unbranched alkanes of at least 4 members (excludes halogenated alkanes) is 2. The molecule has 0 aliphatic rings. The van der Waals surface area contributed by atoms with E-state index in [-0.39, 0.29) is 12.5 Å². The van der Waals surface area contributed by atoms with Gasteiger partial charge in [-0.25, -0.2) is 4.79 Å². The molecule has 144 valence electrons. The number of aryl methyl sites for hydroxylation is 1. The highest BCUT2D eigenvalue weighted by Crippen LogP contribution is 2.25. The number of nitrogens with zero attached hydrogens (tertiary/aromatic N) is 1. The molecule has 0 saturated heterocycles. The van der Waals surface area contributed by atoms with Gasteiger partial charge in [-0.2, -0.15) is 0 Å². The van der Waals surface area contributed by atoms with Crippen LogP contribution in [0.4, 0.5) is 10.5 Å². The maximum atomic E-state index is 12.3. The summed E-state index contributed by atoms with van der Waals surface area (Å²) in [5.41, 5.74) is 3.88. The molecule has 0 aromatic heterocycles. The van der Waals surface area contributed by atoms with Crippen molar-refractivity contribution in [1.82, 2.24) is 5.32 Å². The van der Waals surface area contributed by atoms with Crippen LogP contribution in [0.15, 0.2) is 48.5 Å². The van der Waals surface area contributed by atoms with Crippen LogP contribution in [0.5, 0.6) is 0 Å². The van der Waals surface area contributed by atoms with Gasteiger partial charge in [0.2, 0.25) is 0 Å². The normalized spacial score (nSPS) is 10.4. The van der Waals surface area contributed by atoms with Crippen molar-refractivity contribution < 1.29 is 14.7 Å². The number of rotatable bonds is 9. The molecule has 2 aromatic rings. The number of amides is 2. The van der Waals surface area contributed by atoms with Crippen molar-refractivity contribution in [3.8, 4) is 11.1 Å². The molecule has 0 unspecified atom stereocenters. The van der Waals surface area contributed by atoms with E-state index in [1.54, 1.807) is 11.9 Å². The van der Waals surface area contributed by atoms with Crippen LogP contribution in [-0.2, 0) is 11.2 Å². The van der Waals surface area contributed by atoms with E-state index in [1.165, 1.54) is 0 Å². The van der Waals surface area contributed by atoms with E-state index in [2.05, 4.69) is 12.2 Å². The number of carboxylic acids is 1. The molecule has 0 heterocycles. The summed E-state index contributed by atoms with van der Waals surface area (Å²) >= 11 is 0. The van der Waals surface area contributed by atoms with Crippen LogP contribution in [0.1, 0.15) is 38.2 Å². The van der Waals surface area contributed by atoms with Crippen molar-refractivity contribution in [2.45, 2.75) is 39.0 Å². The van der Waals surface area contributed by atoms with Gasteiger partial charge in [0.25, 0.3) is 0 Å². The SMILES string of the molecule is CCCCCNC(=O)N(C)c1cccc(-c2ccc(CCC(=O)O)cc2)c1. The lowest BCUT2D eigenvalue weighted by Crippen LogP contribution is -2.37. The number of nitrogens with one attached hydrogen (secondary N) is 1. The van der Waals surface area contributed by atoms with Crippen LogP contribution in [0.25, 0.3) is 11.1 Å². The number of anilines is 1. The first kappa shape index (κ1) is 20.5. The predicted molar refractivity (Wildman–Crippen MR) is 109 cm³/mol. The van der Waals surface area contributed by atoms with Crippen molar-refractivity contribution in [2.75, 3.05) is 18.5 Å². The van der Waals surface area contributed by atoms with E-state index in [4.69, 9.17) is 5.11 Å². The topological polar surface area (TPSA) is 69.6 Å². The molecule has 0 atom stereocenters. The summed E-state index contributed by atoms with van der Waals surface area (Å²) in [6.07, 6.45) is 3.89. The third-order valence-corrected chi connectivity index (χ3v) is 4.51. The average molecular weight is 368 g/mol. The Labute approximate surface area is 161 Å². The molecule has 0 saturated carbocycles. The number of urea groups is 1. The zero-order valence-electron chi connectivity index (χ0n) is 16.1. The van der Waals surface area contributed by atoms with Gasteiger partial charge < -0.3 is 10.4 Å². The summed E-state index contributed by atoms with van der Waals surface area (Å²) in [5, 5.41) is 11.7. The van der Waals surface area contributed by atoms with E-state index < -0.39 is 5.97 Å². The van der Waals surface area contributed by atoms with Crippen LogP contribution in [0.3, 0.4) is 0 Å². The van der Waals surface area contributed by atoms with Gasteiger partial charge in [0.15, 0.2) is 0 Å². The van der Waals surface area contributed by atoms with Crippen LogP contribution in [-0.4, -0.2) is 30.7 Å². The van der Waals surface area contributed by atoms with E-state index >= 15 is 0 Å². The minimum absolute atomic E-state index is 0.104. The Morgan fingerprint density at radius 3 is 2.44 bits per heavy atom. The van der Waals surface area contributed by atoms with Gasteiger partial charge in [0.1, 0.15) is 0 Å². The van der Waals surface area contributed by atoms with Gasteiger partial charge in [-0.05, 0) is 41.7 Å². The van der Waals surface area contributed by atoms with Gasteiger partial charge in [0, 0.05) is 25.7 Å². The number of hydrogen-bond donors (Lipinski definition) is 2. The van der Waals surface area contributed by atoms with E-state index in [0.717, 1.165) is 41.6 Å². The highest BCUT2D eigenvalue weighted by atomic mass is 16.4. The largest absolute Gasteiger partial charge is 0.481 e. The molecular weight excluding hydrogens is 340 g/mol. The fourth-order valence-corrected chi connectivity index (χ4v) is 2.82. The Hall–Kier alpha value is -2.82. The number of aliphatic carboxylic acids is 1. The second-order valence-corrected chi connectivity index (χ2v) is 6.64. The van der Waals surface area contributed by atoms with Crippen molar-refractivity contribution >= 4 is 17.7 Å². The van der Waals surface area contributed by atoms with Crippen LogP contribution < -0.4 is 10.2 Å². The molecule has 5 nitrogen and oxygen atoms in total.